The Kier molecular flexibility index (Phi) is 44.1. The number of nitrogens with zero attached hydrogens (tertiary/aromatic N) is 3. The molecule has 0 aliphatic carbocycles. The van der Waals surface area contributed by atoms with Crippen LogP contribution in [0.5, 0.6) is 0 Å². The number of aliphatic carboxylic acids is 1. The minimum Gasteiger partial charge on any atom is -0.475 e. The molecular formula is C71H113F3N26O16. The molecule has 36 N–H and O–H groups in total. The first-order chi connectivity index (χ1) is 54.5. The molecule has 3 rings (SSSR count). The highest BCUT2D eigenvalue weighted by molar-refractivity contribution is 6.01. The number of carbonyl (C=O) groups is 15. The fourth-order valence-corrected chi connectivity index (χ4v) is 11.2. The summed E-state index contributed by atoms with van der Waals surface area (Å²) in [6.45, 7) is 6.65. The number of carbonyl (C=O) groups excluding carboxylic acids is 14. The first kappa shape index (κ1) is 99.6. The number of alkyl halides is 3. The van der Waals surface area contributed by atoms with Crippen LogP contribution in [0.3, 0.4) is 0 Å². The molecule has 1 heterocycles. The van der Waals surface area contributed by atoms with E-state index in [1.165, 1.54) is 0 Å². The lowest BCUT2D eigenvalue weighted by atomic mass is 9.96. The van der Waals surface area contributed by atoms with Gasteiger partial charge in [0.2, 0.25) is 82.7 Å². The predicted octanol–water partition coefficient (Wildman–Crippen LogP) is -6.35. The highest BCUT2D eigenvalue weighted by Crippen LogP contribution is 2.21. The Labute approximate surface area is 666 Å². The molecule has 0 saturated carbocycles. The third-order valence-electron chi connectivity index (χ3n) is 17.7. The lowest BCUT2D eigenvalue weighted by molar-refractivity contribution is -0.192. The normalized spacial score (nSPS) is 14.2. The van der Waals surface area contributed by atoms with Crippen LogP contribution in [0.4, 0.5) is 13.2 Å². The number of nitrogens with two attached hydrogens (primary N) is 12. The van der Waals surface area contributed by atoms with Crippen LogP contribution in [0, 0.1) is 11.8 Å². The molecule has 0 bridgehead atoms. The van der Waals surface area contributed by atoms with Gasteiger partial charge in [0, 0.05) is 56.0 Å². The number of hydrogen-bond acceptors (Lipinski definition) is 20. The minimum absolute atomic E-state index is 0.0225. The highest BCUT2D eigenvalue weighted by Gasteiger charge is 2.40. The van der Waals surface area contributed by atoms with E-state index < -0.39 is 199 Å². The molecule has 0 aliphatic rings. The predicted molar refractivity (Wildman–Crippen MR) is 420 cm³/mol. The maximum Gasteiger partial charge on any atom is 0.490 e. The lowest BCUT2D eigenvalue weighted by Gasteiger charge is -2.30. The summed E-state index contributed by atoms with van der Waals surface area (Å²) in [5, 5.41) is 33.6. The third kappa shape index (κ3) is 38.4. The van der Waals surface area contributed by atoms with Gasteiger partial charge in [0.25, 0.3) is 0 Å². The fourth-order valence-electron chi connectivity index (χ4n) is 11.2. The molecule has 0 radical (unpaired) electrons. The van der Waals surface area contributed by atoms with Crippen molar-refractivity contribution < 1.29 is 90.2 Å². The monoisotopic (exact) mass is 1640 g/mol. The van der Waals surface area contributed by atoms with Gasteiger partial charge in [-0.15, -0.1) is 0 Å². The van der Waals surface area contributed by atoms with Crippen molar-refractivity contribution in [1.82, 2.24) is 58.2 Å². The Morgan fingerprint density at radius 2 is 0.810 bits per heavy atom. The van der Waals surface area contributed by atoms with Crippen molar-refractivity contribution in [2.75, 3.05) is 26.2 Å². The number of benzene rings is 2. The summed E-state index contributed by atoms with van der Waals surface area (Å²) in [6, 6.07) is -0.786. The van der Waals surface area contributed by atoms with Gasteiger partial charge in [0.05, 0.1) is 12.5 Å². The average Bonchev–Trinajstić information content (AvgIpc) is 1.66. The van der Waals surface area contributed by atoms with E-state index >= 15 is 0 Å². The number of nitrogens with one attached hydrogen (secondary N) is 11. The molecule has 3 aromatic rings. The topological polar surface area (TPSA) is 762 Å². The van der Waals surface area contributed by atoms with Gasteiger partial charge in [0.1, 0.15) is 60.4 Å². The number of unbranched alkanes of at least 4 members (excludes halogenated alkanes) is 1. The van der Waals surface area contributed by atoms with Crippen LogP contribution in [0.2, 0.25) is 0 Å². The molecule has 644 valence electrons. The Morgan fingerprint density at radius 3 is 1.24 bits per heavy atom. The molecular weight excluding hydrogens is 1530 g/mol. The van der Waals surface area contributed by atoms with Crippen LogP contribution in [0.25, 0.3) is 10.9 Å². The summed E-state index contributed by atoms with van der Waals surface area (Å²) in [5.74, 6) is -18.4. The zero-order valence-electron chi connectivity index (χ0n) is 65.1. The molecule has 12 atom stereocenters. The zero-order chi connectivity index (χ0) is 87.5. The van der Waals surface area contributed by atoms with Crippen molar-refractivity contribution in [2.24, 2.45) is 95.6 Å². The van der Waals surface area contributed by atoms with Crippen LogP contribution in [0.1, 0.15) is 135 Å². The van der Waals surface area contributed by atoms with Gasteiger partial charge in [-0.3, -0.25) is 82.1 Å². The molecule has 42 nitrogen and oxygen atoms in total. The molecule has 0 saturated heterocycles. The minimum atomic E-state index is -5.08. The van der Waals surface area contributed by atoms with Gasteiger partial charge in [-0.1, -0.05) is 82.6 Å². The Hall–Kier alpha value is -12.4. The molecule has 116 heavy (non-hydrogen) atoms. The van der Waals surface area contributed by atoms with Crippen molar-refractivity contribution in [2.45, 2.75) is 209 Å². The number of carboxylic acids is 1. The molecule has 0 fully saturated rings. The van der Waals surface area contributed by atoms with E-state index in [0.29, 0.717) is 34.9 Å². The van der Waals surface area contributed by atoms with E-state index in [4.69, 9.17) is 78.7 Å². The summed E-state index contributed by atoms with van der Waals surface area (Å²) >= 11 is 0. The number of rotatable bonds is 52. The second-order valence-corrected chi connectivity index (χ2v) is 27.5. The number of para-hydroxylation sites is 1. The molecule has 0 aliphatic heterocycles. The Morgan fingerprint density at radius 1 is 0.440 bits per heavy atom. The number of hydrogen-bond donors (Lipinski definition) is 24. The summed E-state index contributed by atoms with van der Waals surface area (Å²) in [6.07, 6.45) is -5.78. The lowest BCUT2D eigenvalue weighted by Crippen LogP contribution is -2.62. The molecule has 0 unspecified atom stereocenters. The third-order valence-corrected chi connectivity index (χ3v) is 17.7. The standard InChI is InChI=1S/C69H112N26O14.C2HF3O2/c1-5-37(4)55(66(109)91-46(23-15-31-84-69(80)81)58(101)88-44(20-11-12-28-70)62(105)94-54(36(2)3)65(108)86-43(56(75)99)21-13-29-82-67(76)77)95-64(107)50(34-53(74)98)93-59(102)45(22-14-30-83-68(78)79)89-60(103)48(25-27-52(73)97)90-63(106)49(33-39-35-85-42-19-10-9-18-40(39)42)92-61(104)47(24-26-51(72)96)87-57(100)41(71)32-38-16-7-6-8-17-38;3-2(4,5)1(6)7/h6-10,16-19,35-37,41,43-50,54-55,85H,5,11-15,20-34,70-71H2,1-4H3,(H2,72,96)(H2,73,97)(H2,74,98)(H2,75,99)(H,86,108)(H,87,100)(H,88,101)(H,89,103)(H,90,106)(H,91,109)(H,92,104)(H,93,102)(H,94,105)(H,95,107)(H4,76,77,82)(H4,78,79,83)(H4,80,81,84);(H,6,7)/t37-,41-,43-,44-,45-,46-,47-,48-,49-,50-,54-,55-;/m0./s1. The largest absolute Gasteiger partial charge is 0.490 e. The van der Waals surface area contributed by atoms with E-state index in [-0.39, 0.29) is 115 Å². The SMILES string of the molecule is CC[C@H](C)[C@H](NC(=O)[C@H](CC(N)=O)NC(=O)[C@H](CCCN=C(N)N)NC(=O)[C@H](CCC(N)=O)NC(=O)[C@H](Cc1c[nH]c2ccccc12)NC(=O)[C@H](CCC(N)=O)NC(=O)[C@@H](N)Cc1ccccc1)C(=O)N[C@@H](CCCN=C(N)N)C(=O)N[C@@H](CCCCN)C(=O)N[C@H](C(=O)N[C@@H](CCCN=C(N)N)C(N)=O)C(C)C.O=C(O)C(F)(F)F. The summed E-state index contributed by atoms with van der Waals surface area (Å²) in [7, 11) is 0. The van der Waals surface area contributed by atoms with Crippen molar-refractivity contribution >= 4 is 117 Å². The Balaban J connectivity index is 0.00000621. The first-order valence-corrected chi connectivity index (χ1v) is 37.2. The van der Waals surface area contributed by atoms with Gasteiger partial charge in [-0.25, -0.2) is 4.79 Å². The molecule has 0 spiro atoms. The second kappa shape index (κ2) is 51.3. The summed E-state index contributed by atoms with van der Waals surface area (Å²) in [5.41, 5.74) is 69.4. The smallest absolute Gasteiger partial charge is 0.475 e. The van der Waals surface area contributed by atoms with E-state index in [1.54, 1.807) is 88.5 Å². The van der Waals surface area contributed by atoms with Gasteiger partial charge >= 0.3 is 12.1 Å². The number of aliphatic imine (C=N–C) groups is 3. The number of amides is 14. The number of guanidine groups is 3. The quantitative estimate of drug-likeness (QED) is 0.0142. The van der Waals surface area contributed by atoms with E-state index in [9.17, 15) is 80.3 Å². The van der Waals surface area contributed by atoms with E-state index in [0.717, 1.165) is 0 Å². The van der Waals surface area contributed by atoms with Gasteiger partial charge in [-0.05, 0) is 113 Å². The van der Waals surface area contributed by atoms with Gasteiger partial charge in [-0.2, -0.15) is 13.2 Å². The summed E-state index contributed by atoms with van der Waals surface area (Å²) < 4.78 is 31.7. The van der Waals surface area contributed by atoms with Crippen LogP contribution in [-0.4, -0.2) is 215 Å². The highest BCUT2D eigenvalue weighted by atomic mass is 19.4. The number of halogens is 3. The first-order valence-electron chi connectivity index (χ1n) is 37.2. The average molecular weight is 1640 g/mol. The van der Waals surface area contributed by atoms with E-state index in [1.807, 2.05) is 0 Å². The van der Waals surface area contributed by atoms with Crippen molar-refractivity contribution in [3.05, 3.63) is 71.9 Å². The summed E-state index contributed by atoms with van der Waals surface area (Å²) in [4.78, 5) is 218. The fraction of sp³-hybridized carbons (Fsp3) is 0.549. The van der Waals surface area contributed by atoms with Crippen LogP contribution >= 0.6 is 0 Å². The number of H-pyrrole nitrogens is 1. The number of fused-ring (bicyclic) bond motifs is 1. The molecule has 1 aromatic heterocycles. The Bertz CT molecular complexity index is 3890. The van der Waals surface area contributed by atoms with Gasteiger partial charge in [0.15, 0.2) is 17.9 Å². The van der Waals surface area contributed by atoms with Crippen molar-refractivity contribution in [1.29, 1.82) is 0 Å². The molecule has 2 aromatic carbocycles. The molecule has 45 heteroatoms. The zero-order valence-corrected chi connectivity index (χ0v) is 65.1. The van der Waals surface area contributed by atoms with Crippen LogP contribution in [-0.2, 0) is 84.8 Å². The second-order valence-electron chi connectivity index (χ2n) is 27.5. The number of aromatic nitrogens is 1. The maximum atomic E-state index is 14.9. The van der Waals surface area contributed by atoms with Gasteiger partial charge < -0.3 is 132 Å². The van der Waals surface area contributed by atoms with Crippen molar-refractivity contribution in [3.8, 4) is 0 Å². The van der Waals surface area contributed by atoms with Crippen LogP contribution in [0.15, 0.2) is 75.8 Å². The van der Waals surface area contributed by atoms with Crippen molar-refractivity contribution in [3.63, 3.8) is 0 Å². The maximum absolute atomic E-state index is 14.9. The number of carboxylic acid groups (broad SMARTS) is 1. The number of aromatic amines is 1. The molecule has 14 amide bonds. The van der Waals surface area contributed by atoms with E-state index in [2.05, 4.69) is 73.1 Å². The van der Waals surface area contributed by atoms with Crippen LogP contribution < -0.4 is 122 Å². The number of primary amides is 4.